The van der Waals surface area contributed by atoms with Gasteiger partial charge in [-0.2, -0.15) is 0 Å². The molecular formula is C9H8Br3NO. The Balaban J connectivity index is 2.31. The summed E-state index contributed by atoms with van der Waals surface area (Å²) in [7, 11) is 0. The molecule has 1 heterocycles. The molecule has 2 rings (SSSR count). The standard InChI is InChI=1S/C9H8Br3NO/c10-8-2-1-3-9(13(11)12)7(8)4-6-5-14-6/h1-3,6H,4-5H2. The first-order valence-corrected chi connectivity index (χ1v) is 6.40. The van der Waals surface area contributed by atoms with Crippen LogP contribution in [0.5, 0.6) is 0 Å². The highest BCUT2D eigenvalue weighted by Gasteiger charge is 2.25. The highest BCUT2D eigenvalue weighted by Crippen LogP contribution is 2.34. The van der Waals surface area contributed by atoms with Crippen molar-refractivity contribution in [1.82, 2.24) is 0 Å². The molecule has 14 heavy (non-hydrogen) atoms. The normalized spacial score (nSPS) is 19.5. The minimum atomic E-state index is 0.396. The van der Waals surface area contributed by atoms with Gasteiger partial charge in [0.1, 0.15) is 0 Å². The van der Waals surface area contributed by atoms with Gasteiger partial charge in [0, 0.05) is 10.9 Å². The van der Waals surface area contributed by atoms with E-state index in [1.807, 2.05) is 18.2 Å². The van der Waals surface area contributed by atoms with Crippen molar-refractivity contribution < 1.29 is 4.74 Å². The summed E-state index contributed by atoms with van der Waals surface area (Å²) < 4.78 is 8.12. The molecule has 0 aromatic heterocycles. The van der Waals surface area contributed by atoms with Crippen molar-refractivity contribution in [1.29, 1.82) is 0 Å². The van der Waals surface area contributed by atoms with Gasteiger partial charge in [-0.15, -0.1) is 0 Å². The van der Waals surface area contributed by atoms with E-state index < -0.39 is 0 Å². The molecule has 0 spiro atoms. The smallest absolute Gasteiger partial charge is 0.0851 e. The lowest BCUT2D eigenvalue weighted by Crippen LogP contribution is -2.01. The van der Waals surface area contributed by atoms with Gasteiger partial charge in [-0.3, -0.25) is 0 Å². The molecule has 0 bridgehead atoms. The maximum Gasteiger partial charge on any atom is 0.0851 e. The second-order valence-electron chi connectivity index (χ2n) is 3.13. The van der Waals surface area contributed by atoms with Gasteiger partial charge in [-0.25, -0.2) is 2.95 Å². The fourth-order valence-electron chi connectivity index (χ4n) is 1.32. The van der Waals surface area contributed by atoms with Crippen molar-refractivity contribution >= 4 is 53.9 Å². The molecule has 0 N–H and O–H groups in total. The third-order valence-electron chi connectivity index (χ3n) is 2.11. The Hall–Kier alpha value is 0.420. The molecular weight excluding hydrogens is 378 g/mol. The third kappa shape index (κ3) is 2.51. The van der Waals surface area contributed by atoms with E-state index in [-0.39, 0.29) is 0 Å². The first-order valence-electron chi connectivity index (χ1n) is 4.19. The van der Waals surface area contributed by atoms with Crippen LogP contribution in [0.1, 0.15) is 5.56 Å². The molecule has 0 radical (unpaired) electrons. The molecule has 0 saturated carbocycles. The van der Waals surface area contributed by atoms with Crippen molar-refractivity contribution in [2.75, 3.05) is 9.56 Å². The Bertz CT molecular complexity index is 339. The van der Waals surface area contributed by atoms with Crippen LogP contribution in [-0.4, -0.2) is 12.7 Å². The summed E-state index contributed by atoms with van der Waals surface area (Å²) in [5.41, 5.74) is 2.36. The van der Waals surface area contributed by atoms with Crippen LogP contribution in [0.3, 0.4) is 0 Å². The van der Waals surface area contributed by atoms with Crippen LogP contribution in [0, 0.1) is 0 Å². The van der Waals surface area contributed by atoms with Gasteiger partial charge in [0.15, 0.2) is 0 Å². The molecule has 1 saturated heterocycles. The van der Waals surface area contributed by atoms with Crippen LogP contribution in [0.4, 0.5) is 5.69 Å². The van der Waals surface area contributed by atoms with E-state index in [2.05, 4.69) is 48.2 Å². The van der Waals surface area contributed by atoms with E-state index in [4.69, 9.17) is 4.74 Å². The van der Waals surface area contributed by atoms with Gasteiger partial charge in [-0.1, -0.05) is 22.0 Å². The molecule has 5 heteroatoms. The van der Waals surface area contributed by atoms with E-state index in [0.29, 0.717) is 6.10 Å². The lowest BCUT2D eigenvalue weighted by molar-refractivity contribution is 0.407. The average Bonchev–Trinajstić information content (AvgIpc) is 2.91. The molecule has 1 fully saturated rings. The first kappa shape index (κ1) is 10.9. The molecule has 2 nitrogen and oxygen atoms in total. The lowest BCUT2D eigenvalue weighted by atomic mass is 10.1. The number of benzene rings is 1. The van der Waals surface area contributed by atoms with E-state index in [9.17, 15) is 0 Å². The number of hydrogen-bond donors (Lipinski definition) is 0. The number of epoxide rings is 1. The largest absolute Gasteiger partial charge is 0.373 e. The summed E-state index contributed by atoms with van der Waals surface area (Å²) >= 11 is 10.3. The molecule has 1 aromatic carbocycles. The maximum absolute atomic E-state index is 5.23. The monoisotopic (exact) mass is 383 g/mol. The average molecular weight is 386 g/mol. The summed E-state index contributed by atoms with van der Waals surface area (Å²) in [6.45, 7) is 0.880. The van der Waals surface area contributed by atoms with Gasteiger partial charge in [0.2, 0.25) is 0 Å². The Morgan fingerprint density at radius 3 is 2.71 bits per heavy atom. The fourth-order valence-corrected chi connectivity index (χ4v) is 2.50. The van der Waals surface area contributed by atoms with Crippen molar-refractivity contribution in [2.24, 2.45) is 0 Å². The molecule has 76 valence electrons. The van der Waals surface area contributed by atoms with Crippen molar-refractivity contribution in [3.05, 3.63) is 28.2 Å². The predicted octanol–water partition coefficient (Wildman–Crippen LogP) is 3.82. The first-order chi connectivity index (χ1) is 6.68. The molecule has 1 aliphatic rings. The Labute approximate surface area is 108 Å². The van der Waals surface area contributed by atoms with Crippen LogP contribution in [-0.2, 0) is 11.2 Å². The maximum atomic E-state index is 5.23. The predicted molar refractivity (Wildman–Crippen MR) is 67.9 cm³/mol. The lowest BCUT2D eigenvalue weighted by Gasteiger charge is -2.13. The van der Waals surface area contributed by atoms with Gasteiger partial charge >= 0.3 is 0 Å². The minimum absolute atomic E-state index is 0.396. The molecule has 0 aliphatic carbocycles. The molecule has 1 aromatic rings. The number of rotatable bonds is 3. The van der Waals surface area contributed by atoms with E-state index >= 15 is 0 Å². The summed E-state index contributed by atoms with van der Waals surface area (Å²) in [5, 5.41) is 0. The topological polar surface area (TPSA) is 15.8 Å². The number of ether oxygens (including phenoxy) is 1. The highest BCUT2D eigenvalue weighted by atomic mass is 79.9. The van der Waals surface area contributed by atoms with Gasteiger partial charge in [0.25, 0.3) is 0 Å². The van der Waals surface area contributed by atoms with E-state index in [1.165, 1.54) is 5.56 Å². The van der Waals surface area contributed by atoms with E-state index in [0.717, 1.165) is 23.2 Å². The van der Waals surface area contributed by atoms with Crippen molar-refractivity contribution in [2.45, 2.75) is 12.5 Å². The van der Waals surface area contributed by atoms with Crippen LogP contribution in [0.25, 0.3) is 0 Å². The Morgan fingerprint density at radius 1 is 1.43 bits per heavy atom. The highest BCUT2D eigenvalue weighted by molar-refractivity contribution is 9.25. The molecule has 1 aliphatic heterocycles. The van der Waals surface area contributed by atoms with Gasteiger partial charge in [-0.05, 0) is 17.7 Å². The number of nitrogens with zero attached hydrogens (tertiary/aromatic N) is 1. The fraction of sp³-hybridized carbons (Fsp3) is 0.333. The summed E-state index contributed by atoms with van der Waals surface area (Å²) in [6.07, 6.45) is 1.34. The van der Waals surface area contributed by atoms with Crippen LogP contribution in [0.15, 0.2) is 22.7 Å². The zero-order valence-electron chi connectivity index (χ0n) is 7.21. The third-order valence-corrected chi connectivity index (χ3v) is 3.62. The zero-order chi connectivity index (χ0) is 10.1. The zero-order valence-corrected chi connectivity index (χ0v) is 12.0. The van der Waals surface area contributed by atoms with E-state index in [1.54, 1.807) is 2.95 Å². The second kappa shape index (κ2) is 4.51. The van der Waals surface area contributed by atoms with Crippen LogP contribution < -0.4 is 2.95 Å². The SMILES string of the molecule is Brc1cccc(N(Br)Br)c1CC1CO1. The Morgan fingerprint density at radius 2 is 2.14 bits per heavy atom. The number of anilines is 1. The Kier molecular flexibility index (Phi) is 3.52. The quantitative estimate of drug-likeness (QED) is 0.580. The van der Waals surface area contributed by atoms with Crippen molar-refractivity contribution in [3.8, 4) is 0 Å². The summed E-state index contributed by atoms with van der Waals surface area (Å²) in [5.74, 6) is 0. The minimum Gasteiger partial charge on any atom is -0.373 e. The van der Waals surface area contributed by atoms with Gasteiger partial charge in [0.05, 0.1) is 50.7 Å². The van der Waals surface area contributed by atoms with Crippen molar-refractivity contribution in [3.63, 3.8) is 0 Å². The number of halogens is 3. The van der Waals surface area contributed by atoms with Crippen LogP contribution in [0.2, 0.25) is 0 Å². The second-order valence-corrected chi connectivity index (χ2v) is 6.35. The number of hydrogen-bond acceptors (Lipinski definition) is 2. The van der Waals surface area contributed by atoms with Gasteiger partial charge < -0.3 is 4.74 Å². The van der Waals surface area contributed by atoms with Crippen LogP contribution >= 0.6 is 48.2 Å². The summed E-state index contributed by atoms with van der Waals surface area (Å²) in [4.78, 5) is 0. The summed E-state index contributed by atoms with van der Waals surface area (Å²) in [6, 6.07) is 6.10. The molecule has 0 amide bonds. The molecule has 1 unspecified atom stereocenters. The molecule has 1 atom stereocenters.